The minimum Gasteiger partial charge on any atom is -1.00 e. The highest BCUT2D eigenvalue weighted by Crippen LogP contribution is 2.58. The van der Waals surface area contributed by atoms with Gasteiger partial charge in [-0.3, -0.25) is 4.79 Å². The van der Waals surface area contributed by atoms with E-state index < -0.39 is 9.93 Å². The summed E-state index contributed by atoms with van der Waals surface area (Å²) < 4.78 is 46.6. The number of ether oxygens (including phenoxy) is 1. The van der Waals surface area contributed by atoms with Gasteiger partial charge in [0.15, 0.2) is 0 Å². The largest absolute Gasteiger partial charge is 1.00 e. The summed E-state index contributed by atoms with van der Waals surface area (Å²) in [5, 5.41) is 11.5. The molecule has 3 fully saturated rings. The van der Waals surface area contributed by atoms with Crippen molar-refractivity contribution in [3.8, 4) is 11.4 Å². The highest BCUT2D eigenvalue weighted by atomic mass is 127. The molecule has 5 aliphatic rings. The van der Waals surface area contributed by atoms with Crippen molar-refractivity contribution >= 4 is 37.5 Å². The number of aromatic nitrogens is 4. The van der Waals surface area contributed by atoms with Crippen molar-refractivity contribution in [2.24, 2.45) is 11.8 Å². The molecule has 3 heterocycles. The number of ketones is 1. The maximum absolute atomic E-state index is 13.4. The van der Waals surface area contributed by atoms with Crippen LogP contribution < -0.4 is 24.0 Å². The Morgan fingerprint density at radius 2 is 1.16 bits per heavy atom. The number of carbonyl (C=O) groups excluding carboxylic acids is 1. The fraction of sp³-hybridized carbons (Fsp3) is 0.481. The van der Waals surface area contributed by atoms with Gasteiger partial charge in [0.1, 0.15) is 36.2 Å². The summed E-state index contributed by atoms with van der Waals surface area (Å²) in [5.74, 6) is 1.16. The average molecular weight is 987 g/mol. The monoisotopic (exact) mass is 986 g/mol. The van der Waals surface area contributed by atoms with E-state index in [0.29, 0.717) is 18.1 Å². The molecule has 0 N–H and O–H groups in total. The first-order chi connectivity index (χ1) is 29.7. The van der Waals surface area contributed by atoms with Gasteiger partial charge >= 0.3 is 0 Å². The number of nitrogens with zero attached hydrogens (tertiary/aromatic N) is 4. The molecule has 1 saturated heterocycles. The summed E-state index contributed by atoms with van der Waals surface area (Å²) in [5.41, 5.74) is 10.5. The molecular weight excluding hydrogens is 926 g/mol. The Kier molecular flexibility index (Phi) is 13.0. The van der Waals surface area contributed by atoms with E-state index in [0.717, 1.165) is 85.3 Å². The quantitative estimate of drug-likeness (QED) is 0.101. The van der Waals surface area contributed by atoms with Crippen LogP contribution in [-0.2, 0) is 47.3 Å². The third-order valence-corrected chi connectivity index (χ3v) is 15.1. The van der Waals surface area contributed by atoms with Gasteiger partial charge in [-0.25, -0.2) is 18.1 Å². The molecule has 63 heavy (non-hydrogen) atoms. The molecule has 0 unspecified atom stereocenters. The number of aryl methyl sites for hydroxylation is 2. The number of fused-ring (bicyclic) bond motifs is 8. The number of epoxide rings is 1. The number of Topliss-reactive ketones (excluding diaryl/α,β-unsaturated/α-hetero) is 1. The highest BCUT2D eigenvalue weighted by molar-refractivity contribution is 8.00. The second-order valence-electron chi connectivity index (χ2n) is 19.5. The molecule has 4 aliphatic carbocycles. The van der Waals surface area contributed by atoms with Crippen LogP contribution in [-0.4, -0.2) is 56.3 Å². The summed E-state index contributed by atoms with van der Waals surface area (Å²) in [4.78, 5) is 12.2. The van der Waals surface area contributed by atoms with Gasteiger partial charge in [0.25, 0.3) is 0 Å². The molecule has 11 rings (SSSR count). The van der Waals surface area contributed by atoms with Gasteiger partial charge < -0.3 is 28.7 Å². The second-order valence-corrected chi connectivity index (χ2v) is 23.0. The lowest BCUT2D eigenvalue weighted by molar-refractivity contribution is -0.123. The summed E-state index contributed by atoms with van der Waals surface area (Å²) in [6.45, 7) is 5.63. The van der Waals surface area contributed by atoms with E-state index in [2.05, 4.69) is 48.3 Å². The molecule has 334 valence electrons. The van der Waals surface area contributed by atoms with E-state index in [1.807, 2.05) is 21.8 Å². The zero-order valence-corrected chi connectivity index (χ0v) is 40.4. The van der Waals surface area contributed by atoms with Crippen LogP contribution in [0.4, 0.5) is 8.78 Å². The number of hydrogen-bond donors (Lipinski definition) is 0. The van der Waals surface area contributed by atoms with Crippen LogP contribution in [0.3, 0.4) is 0 Å². The summed E-state index contributed by atoms with van der Waals surface area (Å²) in [6.07, 6.45) is 24.4. The number of carbonyl (C=O) groups is 1. The topological polar surface area (TPSA) is 82.3 Å². The van der Waals surface area contributed by atoms with Crippen molar-refractivity contribution in [1.82, 2.24) is 19.6 Å². The normalized spacial score (nSPS) is 26.0. The standard InChI is InChI=1S/C25H27FN2O.C24H25FN2O.C3H9OS.HI/c1-2-25-11-10-24(16-29-24)14-19(25)5-3-4-17-13-23-18(12-22(17)25)15-27-28(23)21-8-6-20(26)7-9-21;1-2-24-11-10-21(28)14-18(24)5-3-4-16-13-23-17(12-22(16)24)15-26-27(23)20-8-6-19(25)7-9-20;1-5(2,3)4;/h6-9,12-13,15,19H,2-5,10-11,14,16H2,1H3;6-9,12-13,15,18H,2-5,10-11,14H2,1H3;1-3H3;1H/q;;+1;/p-1/t19-,24+,25-;18-,24-;;/m11../s1. The van der Waals surface area contributed by atoms with Gasteiger partial charge in [0.05, 0.1) is 56.9 Å². The summed E-state index contributed by atoms with van der Waals surface area (Å²) in [7, 11) is -1.42. The molecule has 1 aliphatic heterocycles. The van der Waals surface area contributed by atoms with Crippen LogP contribution in [0.5, 0.6) is 0 Å². The van der Waals surface area contributed by atoms with Crippen molar-refractivity contribution in [3.05, 3.63) is 119 Å². The minimum atomic E-state index is -1.42. The smallest absolute Gasteiger partial charge is 0.133 e. The van der Waals surface area contributed by atoms with E-state index in [9.17, 15) is 17.8 Å². The van der Waals surface area contributed by atoms with E-state index in [4.69, 9.17) is 4.74 Å². The lowest BCUT2D eigenvalue weighted by Crippen LogP contribution is -3.00. The lowest BCUT2D eigenvalue weighted by atomic mass is 9.58. The van der Waals surface area contributed by atoms with Crippen molar-refractivity contribution < 1.29 is 46.5 Å². The molecule has 2 saturated carbocycles. The van der Waals surface area contributed by atoms with Crippen molar-refractivity contribution in [1.29, 1.82) is 0 Å². The predicted molar refractivity (Wildman–Crippen MR) is 246 cm³/mol. The Morgan fingerprint density at radius 1 is 0.698 bits per heavy atom. The summed E-state index contributed by atoms with van der Waals surface area (Å²) >= 11 is 0. The van der Waals surface area contributed by atoms with Gasteiger partial charge in [-0.1, -0.05) is 13.8 Å². The fourth-order valence-electron chi connectivity index (χ4n) is 11.9. The van der Waals surface area contributed by atoms with Gasteiger partial charge in [0, 0.05) is 23.6 Å². The molecule has 11 heteroatoms. The molecule has 0 bridgehead atoms. The molecule has 0 radical (unpaired) electrons. The zero-order valence-electron chi connectivity index (χ0n) is 37.4. The molecule has 4 aromatic carbocycles. The first-order valence-electron chi connectivity index (χ1n) is 22.8. The number of hydrogen-bond acceptors (Lipinski definition) is 5. The average Bonchev–Trinajstić information content (AvgIpc) is 3.78. The third kappa shape index (κ3) is 8.96. The number of halogens is 3. The minimum absolute atomic E-state index is 0. The Balaban J connectivity index is 0.000000154. The van der Waals surface area contributed by atoms with E-state index in [1.54, 1.807) is 48.6 Å². The van der Waals surface area contributed by atoms with Crippen LogP contribution in [0, 0.1) is 23.5 Å². The second kappa shape index (κ2) is 17.9. The Hall–Kier alpha value is -3.81. The van der Waals surface area contributed by atoms with Gasteiger partial charge in [0.2, 0.25) is 0 Å². The molecule has 2 aromatic heterocycles. The lowest BCUT2D eigenvalue weighted by Gasteiger charge is -2.46. The molecule has 0 amide bonds. The van der Waals surface area contributed by atoms with Crippen LogP contribution in [0.15, 0.2) is 85.2 Å². The van der Waals surface area contributed by atoms with Crippen molar-refractivity contribution in [2.45, 2.75) is 120 Å². The van der Waals surface area contributed by atoms with Gasteiger partial charge in [-0.05, 0) is 195 Å². The van der Waals surface area contributed by atoms with E-state index in [1.165, 1.54) is 84.9 Å². The maximum atomic E-state index is 13.4. The Labute approximate surface area is 389 Å². The highest BCUT2D eigenvalue weighted by Gasteiger charge is 2.56. The van der Waals surface area contributed by atoms with Gasteiger partial charge in [-0.15, -0.1) is 4.21 Å². The third-order valence-electron chi connectivity index (χ3n) is 15.1. The molecule has 1 spiro atoms. The first-order valence-corrected chi connectivity index (χ1v) is 25.6. The zero-order chi connectivity index (χ0) is 43.4. The molecule has 5 atom stereocenters. The fourth-order valence-corrected chi connectivity index (χ4v) is 11.9. The van der Waals surface area contributed by atoms with E-state index >= 15 is 0 Å². The Morgan fingerprint density at radius 3 is 1.62 bits per heavy atom. The van der Waals surface area contributed by atoms with Gasteiger partial charge in [-0.2, -0.15) is 10.2 Å². The molecular formula is C52H61F2IN4O3S. The number of benzene rings is 4. The first kappa shape index (κ1) is 45.7. The molecule has 7 nitrogen and oxygen atoms in total. The molecule has 6 aromatic rings. The predicted octanol–water partition coefficient (Wildman–Crippen LogP) is 8.62. The number of rotatable bonds is 4. The maximum Gasteiger partial charge on any atom is 0.133 e. The van der Waals surface area contributed by atoms with Crippen molar-refractivity contribution in [2.75, 3.05) is 25.4 Å². The SMILES string of the molecule is CC[C@@]12CCC(=O)C[C@H]1CCCc1cc3c(cnn3-c3ccc(F)cc3)cc12.CC[C@@]12CC[C@@]3(CO3)C[C@H]1CCCc1cc3c(cnn3-c3ccc(F)cc3)cc12.C[S+](C)(C)=O.[I-]. The van der Waals surface area contributed by atoms with Crippen LogP contribution in [0.25, 0.3) is 33.2 Å². The van der Waals surface area contributed by atoms with Crippen molar-refractivity contribution in [3.63, 3.8) is 0 Å². The van der Waals surface area contributed by atoms with Crippen LogP contribution in [0.2, 0.25) is 0 Å². The van der Waals surface area contributed by atoms with Crippen LogP contribution >= 0.6 is 0 Å². The Bertz CT molecular complexity index is 2660. The van der Waals surface area contributed by atoms with Crippen LogP contribution in [0.1, 0.15) is 113 Å². The van der Waals surface area contributed by atoms with E-state index in [-0.39, 0.29) is 52.0 Å². The summed E-state index contributed by atoms with van der Waals surface area (Å²) in [6, 6.07) is 22.5.